The number of benzene rings is 1. The predicted molar refractivity (Wildman–Crippen MR) is 134 cm³/mol. The summed E-state index contributed by atoms with van der Waals surface area (Å²) in [6, 6.07) is 4.68. The summed E-state index contributed by atoms with van der Waals surface area (Å²) in [6.07, 6.45) is -0.233. The molecule has 198 valence electrons. The number of nitrogens with two attached hydrogens (primary N) is 1. The molecule has 1 atom stereocenters. The van der Waals surface area contributed by atoms with Crippen LogP contribution >= 0.6 is 0 Å². The third kappa shape index (κ3) is 6.89. The number of esters is 1. The number of carbonyl (C=O) groups is 4. The molecule has 0 saturated carbocycles. The summed E-state index contributed by atoms with van der Waals surface area (Å²) >= 11 is 0. The summed E-state index contributed by atoms with van der Waals surface area (Å²) in [6.45, 7) is 13.4. The Morgan fingerprint density at radius 3 is 2.14 bits per heavy atom. The maximum atomic E-state index is 13.1. The largest absolute Gasteiger partial charge is 0.460 e. The Balaban J connectivity index is 1.64. The van der Waals surface area contributed by atoms with Gasteiger partial charge in [-0.25, -0.2) is 4.79 Å². The fraction of sp³-hybridized carbons (Fsp3) is 0.615. The molecule has 1 aromatic rings. The smallest absolute Gasteiger partial charge is 0.410 e. The third-order valence-corrected chi connectivity index (χ3v) is 5.96. The van der Waals surface area contributed by atoms with Crippen LogP contribution in [0.2, 0.25) is 0 Å². The van der Waals surface area contributed by atoms with E-state index in [1.807, 2.05) is 32.9 Å². The van der Waals surface area contributed by atoms with Gasteiger partial charge in [-0.1, -0.05) is 0 Å². The molecular formula is C26H38N4O6. The number of carbonyl (C=O) groups excluding carboxylic acids is 4. The molecular weight excluding hydrogens is 464 g/mol. The van der Waals surface area contributed by atoms with Crippen LogP contribution in [-0.2, 0) is 25.6 Å². The number of ether oxygens (including phenoxy) is 2. The van der Waals surface area contributed by atoms with E-state index in [1.165, 1.54) is 4.90 Å². The molecule has 0 spiro atoms. The van der Waals surface area contributed by atoms with E-state index in [1.54, 1.807) is 31.7 Å². The lowest BCUT2D eigenvalue weighted by Crippen LogP contribution is -2.50. The molecule has 1 fully saturated rings. The van der Waals surface area contributed by atoms with Gasteiger partial charge in [0.2, 0.25) is 5.91 Å². The number of hydrogen-bond donors (Lipinski definition) is 1. The number of amides is 3. The van der Waals surface area contributed by atoms with Crippen molar-refractivity contribution in [3.8, 4) is 0 Å². The van der Waals surface area contributed by atoms with Gasteiger partial charge in [-0.15, -0.1) is 0 Å². The zero-order valence-electron chi connectivity index (χ0n) is 22.1. The summed E-state index contributed by atoms with van der Waals surface area (Å²) in [5.74, 6) is -1.37. The van der Waals surface area contributed by atoms with Crippen LogP contribution in [0.5, 0.6) is 0 Å². The second kappa shape index (κ2) is 10.4. The number of hydrogen-bond acceptors (Lipinski definition) is 7. The first-order valence-corrected chi connectivity index (χ1v) is 12.3. The lowest BCUT2D eigenvalue weighted by molar-refractivity contribution is -0.155. The van der Waals surface area contributed by atoms with Gasteiger partial charge in [0.25, 0.3) is 5.91 Å². The molecule has 1 unspecified atom stereocenters. The van der Waals surface area contributed by atoms with Gasteiger partial charge in [-0.3, -0.25) is 14.4 Å². The van der Waals surface area contributed by atoms with Crippen molar-refractivity contribution >= 4 is 29.6 Å². The van der Waals surface area contributed by atoms with E-state index >= 15 is 0 Å². The molecule has 0 radical (unpaired) electrons. The van der Waals surface area contributed by atoms with Crippen molar-refractivity contribution in [3.05, 3.63) is 29.3 Å². The van der Waals surface area contributed by atoms with Crippen LogP contribution in [0.3, 0.4) is 0 Å². The molecule has 1 aromatic carbocycles. The van der Waals surface area contributed by atoms with Gasteiger partial charge in [0.1, 0.15) is 17.2 Å². The lowest BCUT2D eigenvalue weighted by atomic mass is 10.1. The zero-order chi connectivity index (χ0) is 26.8. The minimum absolute atomic E-state index is 0.0157. The highest BCUT2D eigenvalue weighted by Gasteiger charge is 2.36. The van der Waals surface area contributed by atoms with Crippen LogP contribution in [0.15, 0.2) is 18.2 Å². The molecule has 10 heteroatoms. The first kappa shape index (κ1) is 27.3. The molecule has 3 amide bonds. The molecule has 0 aromatic heterocycles. The van der Waals surface area contributed by atoms with Gasteiger partial charge in [0.05, 0.1) is 0 Å². The molecule has 2 aliphatic rings. The van der Waals surface area contributed by atoms with Gasteiger partial charge >= 0.3 is 12.1 Å². The van der Waals surface area contributed by atoms with E-state index in [-0.39, 0.29) is 31.4 Å². The highest BCUT2D eigenvalue weighted by molar-refractivity contribution is 6.01. The molecule has 1 saturated heterocycles. The van der Waals surface area contributed by atoms with E-state index in [2.05, 4.69) is 4.90 Å². The van der Waals surface area contributed by atoms with Crippen LogP contribution in [0, 0.1) is 0 Å². The summed E-state index contributed by atoms with van der Waals surface area (Å²) in [4.78, 5) is 55.0. The number of primary amides is 1. The van der Waals surface area contributed by atoms with Crippen molar-refractivity contribution in [3.63, 3.8) is 0 Å². The van der Waals surface area contributed by atoms with Crippen LogP contribution in [-0.4, -0.2) is 77.1 Å². The molecule has 36 heavy (non-hydrogen) atoms. The van der Waals surface area contributed by atoms with Gasteiger partial charge in [0.15, 0.2) is 0 Å². The van der Waals surface area contributed by atoms with Crippen LogP contribution in [0.4, 0.5) is 10.5 Å². The predicted octanol–water partition coefficient (Wildman–Crippen LogP) is 2.68. The fourth-order valence-corrected chi connectivity index (χ4v) is 4.35. The van der Waals surface area contributed by atoms with Crippen molar-refractivity contribution in [1.29, 1.82) is 0 Å². The van der Waals surface area contributed by atoms with Gasteiger partial charge in [0, 0.05) is 50.4 Å². The standard InChI is InChI=1S/C26H38N4O6/c1-25(2,3)35-21(31)10-9-20(22(27)32)30-16-17-15-18(7-8-19(17)23(30)33)28-11-13-29(14-12-28)24(34)36-26(4,5)6/h7-8,15,20H,9-14,16H2,1-6H3,(H2,27,32). The monoisotopic (exact) mass is 502 g/mol. The number of nitrogens with zero attached hydrogens (tertiary/aromatic N) is 3. The number of fused-ring (bicyclic) bond motifs is 1. The Hall–Kier alpha value is -3.30. The minimum atomic E-state index is -0.904. The normalized spacial score (nSPS) is 17.1. The van der Waals surface area contributed by atoms with Crippen LogP contribution in [0.25, 0.3) is 0 Å². The highest BCUT2D eigenvalue weighted by Crippen LogP contribution is 2.30. The molecule has 10 nitrogen and oxygen atoms in total. The van der Waals surface area contributed by atoms with E-state index in [9.17, 15) is 19.2 Å². The van der Waals surface area contributed by atoms with E-state index in [4.69, 9.17) is 15.2 Å². The summed E-state index contributed by atoms with van der Waals surface area (Å²) < 4.78 is 10.8. The van der Waals surface area contributed by atoms with Crippen LogP contribution < -0.4 is 10.6 Å². The Morgan fingerprint density at radius 2 is 1.58 bits per heavy atom. The Labute approximate surface area is 212 Å². The fourth-order valence-electron chi connectivity index (χ4n) is 4.35. The second-order valence-electron chi connectivity index (χ2n) is 11.3. The molecule has 2 aliphatic heterocycles. The SMILES string of the molecule is CC(C)(C)OC(=O)CCC(C(N)=O)N1Cc2cc(N3CCN(C(=O)OC(C)(C)C)CC3)ccc2C1=O. The number of anilines is 1. The quantitative estimate of drug-likeness (QED) is 0.594. The molecule has 0 bridgehead atoms. The van der Waals surface area contributed by atoms with Gasteiger partial charge in [-0.05, 0) is 71.7 Å². The molecule has 2 heterocycles. The zero-order valence-corrected chi connectivity index (χ0v) is 22.1. The number of piperazine rings is 1. The Morgan fingerprint density at radius 1 is 0.972 bits per heavy atom. The van der Waals surface area contributed by atoms with Crippen molar-refractivity contribution in [1.82, 2.24) is 9.80 Å². The first-order chi connectivity index (χ1) is 16.6. The molecule has 0 aliphatic carbocycles. The summed E-state index contributed by atoms with van der Waals surface area (Å²) in [5, 5.41) is 0. The average molecular weight is 503 g/mol. The van der Waals surface area contributed by atoms with E-state index < -0.39 is 29.1 Å². The summed E-state index contributed by atoms with van der Waals surface area (Å²) in [7, 11) is 0. The maximum Gasteiger partial charge on any atom is 0.410 e. The topological polar surface area (TPSA) is 122 Å². The summed E-state index contributed by atoms with van der Waals surface area (Å²) in [5.41, 5.74) is 6.71. The van der Waals surface area contributed by atoms with Gasteiger partial charge in [-0.2, -0.15) is 0 Å². The average Bonchev–Trinajstić information content (AvgIpc) is 3.07. The van der Waals surface area contributed by atoms with E-state index in [0.29, 0.717) is 31.7 Å². The Bertz CT molecular complexity index is 1020. The van der Waals surface area contributed by atoms with E-state index in [0.717, 1.165) is 11.3 Å². The van der Waals surface area contributed by atoms with Crippen molar-refractivity contribution in [2.75, 3.05) is 31.1 Å². The van der Waals surface area contributed by atoms with Crippen LogP contribution in [0.1, 0.15) is 70.3 Å². The van der Waals surface area contributed by atoms with Gasteiger partial charge < -0.3 is 29.9 Å². The highest BCUT2D eigenvalue weighted by atomic mass is 16.6. The Kier molecular flexibility index (Phi) is 7.85. The first-order valence-electron chi connectivity index (χ1n) is 12.3. The van der Waals surface area contributed by atoms with Crippen molar-refractivity contribution < 1.29 is 28.7 Å². The minimum Gasteiger partial charge on any atom is -0.460 e. The lowest BCUT2D eigenvalue weighted by Gasteiger charge is -2.36. The number of rotatable bonds is 6. The van der Waals surface area contributed by atoms with Crippen molar-refractivity contribution in [2.45, 2.75) is 78.2 Å². The second-order valence-corrected chi connectivity index (χ2v) is 11.3. The third-order valence-electron chi connectivity index (χ3n) is 5.96. The molecule has 2 N–H and O–H groups in total. The van der Waals surface area contributed by atoms with Crippen molar-refractivity contribution in [2.24, 2.45) is 5.73 Å². The molecule has 3 rings (SSSR count). The maximum absolute atomic E-state index is 13.1.